The Bertz CT molecular complexity index is 288. The summed E-state index contributed by atoms with van der Waals surface area (Å²) in [6, 6.07) is 0.775. The van der Waals surface area contributed by atoms with E-state index in [9.17, 15) is 0 Å². The molecule has 3 aliphatic rings. The number of hydrogen-bond donors (Lipinski definition) is 2. The first-order valence-electron chi connectivity index (χ1n) is 13.6. The third kappa shape index (κ3) is 16.6. The maximum Gasteiger partial charge on any atom is 0.00385 e. The van der Waals surface area contributed by atoms with Crippen molar-refractivity contribution in [1.29, 1.82) is 0 Å². The topological polar surface area (TPSA) is 27.3 Å². The predicted octanol–water partition coefficient (Wildman–Crippen LogP) is 6.83. The van der Waals surface area contributed by atoms with Gasteiger partial charge in [-0.1, -0.05) is 55.4 Å². The first-order valence-corrected chi connectivity index (χ1v) is 13.6. The van der Waals surface area contributed by atoms with Gasteiger partial charge in [0.05, 0.1) is 0 Å². The van der Waals surface area contributed by atoms with E-state index in [0.717, 1.165) is 29.7 Å². The van der Waals surface area contributed by atoms with Gasteiger partial charge in [0, 0.05) is 6.04 Å². The van der Waals surface area contributed by atoms with Crippen molar-refractivity contribution in [1.82, 2.24) is 15.5 Å². The van der Waals surface area contributed by atoms with Crippen molar-refractivity contribution in [2.75, 3.05) is 39.3 Å². The minimum atomic E-state index is 0.775. The van der Waals surface area contributed by atoms with Crippen LogP contribution in [0.3, 0.4) is 0 Å². The van der Waals surface area contributed by atoms with E-state index in [1.807, 2.05) is 27.7 Å². The summed E-state index contributed by atoms with van der Waals surface area (Å²) < 4.78 is 0. The lowest BCUT2D eigenvalue weighted by Gasteiger charge is -2.25. The maximum absolute atomic E-state index is 3.37. The lowest BCUT2D eigenvalue weighted by molar-refractivity contribution is 0.276. The van der Waals surface area contributed by atoms with Crippen LogP contribution in [-0.2, 0) is 0 Å². The van der Waals surface area contributed by atoms with Crippen LogP contribution < -0.4 is 10.6 Å². The molecule has 0 atom stereocenters. The van der Waals surface area contributed by atoms with Crippen LogP contribution in [0.25, 0.3) is 0 Å². The third-order valence-electron chi connectivity index (χ3n) is 6.52. The number of hydrogen-bond acceptors (Lipinski definition) is 3. The summed E-state index contributed by atoms with van der Waals surface area (Å²) in [4.78, 5) is 2.53. The minimum absolute atomic E-state index is 0.775. The molecule has 0 saturated carbocycles. The summed E-state index contributed by atoms with van der Waals surface area (Å²) in [7, 11) is 0. The molecule has 30 heavy (non-hydrogen) atoms. The fourth-order valence-corrected chi connectivity index (χ4v) is 4.28. The average molecular weight is 428 g/mol. The summed E-state index contributed by atoms with van der Waals surface area (Å²) in [5.74, 6) is 3.77. The van der Waals surface area contributed by atoms with Gasteiger partial charge in [-0.2, -0.15) is 0 Å². The van der Waals surface area contributed by atoms with E-state index >= 15 is 0 Å². The number of likely N-dealkylation sites (tertiary alicyclic amines) is 1. The van der Waals surface area contributed by atoms with E-state index in [-0.39, 0.29) is 0 Å². The zero-order valence-corrected chi connectivity index (χ0v) is 22.8. The van der Waals surface area contributed by atoms with Gasteiger partial charge in [0.25, 0.3) is 0 Å². The molecule has 0 amide bonds. The first kappa shape index (κ1) is 32.1. The van der Waals surface area contributed by atoms with Crippen molar-refractivity contribution in [3.05, 3.63) is 0 Å². The van der Waals surface area contributed by atoms with Crippen molar-refractivity contribution in [2.45, 2.75) is 114 Å². The summed E-state index contributed by atoms with van der Waals surface area (Å²) >= 11 is 0. The SMILES string of the molecule is CC.CC.CC(C)C1CCNCC1.CC(C)C1CCNCC1.CC(C)N1CCCC1. The summed E-state index contributed by atoms with van der Waals surface area (Å²) in [5, 5.41) is 6.74. The van der Waals surface area contributed by atoms with Gasteiger partial charge in [0.2, 0.25) is 0 Å². The van der Waals surface area contributed by atoms with Crippen molar-refractivity contribution in [2.24, 2.45) is 23.7 Å². The van der Waals surface area contributed by atoms with Crippen LogP contribution in [0.15, 0.2) is 0 Å². The Labute approximate surface area is 192 Å². The van der Waals surface area contributed by atoms with Crippen LogP contribution in [0.2, 0.25) is 0 Å². The molecule has 0 aromatic rings. The van der Waals surface area contributed by atoms with Crippen molar-refractivity contribution in [3.63, 3.8) is 0 Å². The average Bonchev–Trinajstić information content (AvgIpc) is 3.34. The van der Waals surface area contributed by atoms with E-state index in [2.05, 4.69) is 57.1 Å². The highest BCUT2D eigenvalue weighted by atomic mass is 15.2. The Kier molecular flexibility index (Phi) is 23.6. The first-order chi connectivity index (χ1) is 14.4. The second-order valence-electron chi connectivity index (χ2n) is 9.50. The lowest BCUT2D eigenvalue weighted by Crippen LogP contribution is -2.29. The number of piperidine rings is 2. The van der Waals surface area contributed by atoms with Gasteiger partial charge in [-0.3, -0.25) is 0 Å². The molecule has 0 radical (unpaired) electrons. The van der Waals surface area contributed by atoms with E-state index in [0.29, 0.717) is 0 Å². The Morgan fingerprint density at radius 1 is 0.567 bits per heavy atom. The quantitative estimate of drug-likeness (QED) is 0.517. The van der Waals surface area contributed by atoms with Gasteiger partial charge in [0.1, 0.15) is 0 Å². The van der Waals surface area contributed by atoms with Crippen molar-refractivity contribution >= 4 is 0 Å². The largest absolute Gasteiger partial charge is 0.317 e. The van der Waals surface area contributed by atoms with Crippen LogP contribution in [0.1, 0.15) is 108 Å². The number of rotatable bonds is 3. The van der Waals surface area contributed by atoms with Gasteiger partial charge >= 0.3 is 0 Å². The predicted molar refractivity (Wildman–Crippen MR) is 140 cm³/mol. The van der Waals surface area contributed by atoms with Crippen LogP contribution in [-0.4, -0.2) is 50.2 Å². The molecular weight excluding hydrogens is 366 g/mol. The summed E-state index contributed by atoms with van der Waals surface area (Å²) in [6.45, 7) is 29.5. The van der Waals surface area contributed by atoms with Crippen LogP contribution in [0, 0.1) is 23.7 Å². The molecule has 2 N–H and O–H groups in total. The molecule has 3 heteroatoms. The van der Waals surface area contributed by atoms with E-state index < -0.39 is 0 Å². The number of nitrogens with zero attached hydrogens (tertiary/aromatic N) is 1. The Balaban J connectivity index is 0. The monoisotopic (exact) mass is 427 g/mol. The summed E-state index contributed by atoms with van der Waals surface area (Å²) in [6.07, 6.45) is 8.38. The zero-order valence-electron chi connectivity index (χ0n) is 22.8. The van der Waals surface area contributed by atoms with Gasteiger partial charge < -0.3 is 15.5 Å². The molecule has 3 heterocycles. The fourth-order valence-electron chi connectivity index (χ4n) is 4.28. The molecule has 0 aromatic heterocycles. The van der Waals surface area contributed by atoms with E-state index in [1.165, 1.54) is 77.8 Å². The Hall–Kier alpha value is -0.120. The molecule has 0 aliphatic carbocycles. The molecule has 3 aliphatic heterocycles. The lowest BCUT2D eigenvalue weighted by atomic mass is 9.87. The normalized spacial score (nSPS) is 20.3. The van der Waals surface area contributed by atoms with Crippen LogP contribution in [0.5, 0.6) is 0 Å². The van der Waals surface area contributed by atoms with Crippen LogP contribution >= 0.6 is 0 Å². The molecular formula is C27H61N3. The second kappa shape index (κ2) is 22.1. The molecule has 3 rings (SSSR count). The van der Waals surface area contributed by atoms with Gasteiger partial charge in [-0.25, -0.2) is 0 Å². The molecule has 3 nitrogen and oxygen atoms in total. The molecule has 0 unspecified atom stereocenters. The third-order valence-corrected chi connectivity index (χ3v) is 6.52. The fraction of sp³-hybridized carbons (Fsp3) is 1.00. The highest BCUT2D eigenvalue weighted by Crippen LogP contribution is 2.21. The van der Waals surface area contributed by atoms with Gasteiger partial charge in [-0.15, -0.1) is 0 Å². The highest BCUT2D eigenvalue weighted by Gasteiger charge is 2.16. The molecule has 3 fully saturated rings. The molecule has 3 saturated heterocycles. The van der Waals surface area contributed by atoms with Crippen molar-refractivity contribution < 1.29 is 0 Å². The Morgan fingerprint density at radius 3 is 1.03 bits per heavy atom. The molecule has 0 bridgehead atoms. The zero-order chi connectivity index (χ0) is 23.4. The number of nitrogens with one attached hydrogen (secondary N) is 2. The van der Waals surface area contributed by atoms with Gasteiger partial charge in [-0.05, 0) is 115 Å². The molecule has 0 aromatic carbocycles. The van der Waals surface area contributed by atoms with Crippen LogP contribution in [0.4, 0.5) is 0 Å². The van der Waals surface area contributed by atoms with E-state index in [4.69, 9.17) is 0 Å². The summed E-state index contributed by atoms with van der Waals surface area (Å²) in [5.41, 5.74) is 0. The Morgan fingerprint density at radius 2 is 0.867 bits per heavy atom. The second-order valence-corrected chi connectivity index (χ2v) is 9.50. The van der Waals surface area contributed by atoms with E-state index in [1.54, 1.807) is 0 Å². The standard InChI is InChI=1S/2C8H17N.C7H15N.2C2H6/c2*1-7(2)8-3-5-9-6-4-8;1-7(2)8-5-3-4-6-8;2*1-2/h2*7-9H,3-6H2,1-2H3;7H,3-6H2,1-2H3;2*1-2H3. The highest BCUT2D eigenvalue weighted by molar-refractivity contribution is 4.71. The molecule has 184 valence electrons. The minimum Gasteiger partial charge on any atom is -0.317 e. The van der Waals surface area contributed by atoms with Gasteiger partial charge in [0.15, 0.2) is 0 Å². The van der Waals surface area contributed by atoms with Crippen molar-refractivity contribution in [3.8, 4) is 0 Å². The maximum atomic E-state index is 3.37. The molecule has 0 spiro atoms. The smallest absolute Gasteiger partial charge is 0.00385 e.